The van der Waals surface area contributed by atoms with Crippen LogP contribution >= 0.6 is 43.2 Å². The van der Waals surface area contributed by atoms with Gasteiger partial charge in [0.25, 0.3) is 0 Å². The summed E-state index contributed by atoms with van der Waals surface area (Å²) in [5.41, 5.74) is 0. The van der Waals surface area contributed by atoms with Crippen LogP contribution in [0, 0.1) is 0 Å². The fourth-order valence-corrected chi connectivity index (χ4v) is 6.04. The molecule has 1 nitrogen and oxygen atoms in total. The molecule has 0 aliphatic rings. The van der Waals surface area contributed by atoms with Gasteiger partial charge in [-0.15, -0.1) is 0 Å². The molecule has 0 atom stereocenters. The van der Waals surface area contributed by atoms with E-state index in [2.05, 4.69) is 97.1 Å². The van der Waals surface area contributed by atoms with E-state index in [0.29, 0.717) is 0 Å². The van der Waals surface area contributed by atoms with Crippen LogP contribution in [0.4, 0.5) is 0 Å². The Kier molecular flexibility index (Phi) is 12.7. The van der Waals surface area contributed by atoms with Gasteiger partial charge in [0, 0.05) is 19.6 Å². The second kappa shape index (κ2) is 15.7. The molecule has 0 bridgehead atoms. The Labute approximate surface area is 194 Å². The van der Waals surface area contributed by atoms with Crippen molar-refractivity contribution < 1.29 is 4.79 Å². The lowest BCUT2D eigenvalue weighted by atomic mass is 10.4. The predicted octanol–water partition coefficient (Wildman–Crippen LogP) is 8.79. The number of carbonyl (C=O) groups is 1. The van der Waals surface area contributed by atoms with Gasteiger partial charge < -0.3 is 4.79 Å². The Morgan fingerprint density at radius 1 is 0.333 bits per heavy atom. The minimum absolute atomic E-state index is 1.29. The highest BCUT2D eigenvalue weighted by molar-refractivity contribution is 8.77. The van der Waals surface area contributed by atoms with Crippen LogP contribution in [0.2, 0.25) is 0 Å². The average Bonchev–Trinajstić information content (AvgIpc) is 2.86. The van der Waals surface area contributed by atoms with E-state index in [9.17, 15) is 0 Å². The van der Waals surface area contributed by atoms with Gasteiger partial charge in [0.1, 0.15) is 6.79 Å². The van der Waals surface area contributed by atoms with Gasteiger partial charge in [-0.3, -0.25) is 0 Å². The number of hydrogen-bond donors (Lipinski definition) is 0. The molecular weight excluding hydrogens is 445 g/mol. The highest BCUT2D eigenvalue weighted by atomic mass is 33.1. The molecule has 0 heterocycles. The topological polar surface area (TPSA) is 17.1 Å². The SMILES string of the molecule is C=O.c1ccc(SSc2ccccc2)cc1.c1ccc(SSc2ccccc2)cc1. The molecule has 4 aromatic rings. The summed E-state index contributed by atoms with van der Waals surface area (Å²) in [7, 11) is 7.16. The minimum atomic E-state index is 1.29. The zero-order valence-corrected chi connectivity index (χ0v) is 19.6. The first-order chi connectivity index (χ1) is 14.9. The van der Waals surface area contributed by atoms with E-state index >= 15 is 0 Å². The summed E-state index contributed by atoms with van der Waals surface area (Å²) < 4.78 is 0. The summed E-state index contributed by atoms with van der Waals surface area (Å²) in [4.78, 5) is 13.2. The number of carbonyl (C=O) groups excluding carboxylic acids is 1. The first-order valence-electron chi connectivity index (χ1n) is 9.08. The third-order valence-corrected chi connectivity index (χ3v) is 8.28. The molecule has 0 fully saturated rings. The summed E-state index contributed by atoms with van der Waals surface area (Å²) in [6.45, 7) is 2.00. The smallest absolute Gasteiger partial charge is 0.106 e. The molecule has 0 aromatic heterocycles. The van der Waals surface area contributed by atoms with Crippen molar-refractivity contribution in [2.75, 3.05) is 0 Å². The number of benzene rings is 4. The number of hydrogen-bond acceptors (Lipinski definition) is 5. The summed E-state index contributed by atoms with van der Waals surface area (Å²) >= 11 is 0. The summed E-state index contributed by atoms with van der Waals surface area (Å²) in [5, 5.41) is 0. The molecule has 4 rings (SSSR count). The third kappa shape index (κ3) is 10.1. The third-order valence-electron chi connectivity index (χ3n) is 3.44. The molecule has 0 radical (unpaired) electrons. The maximum atomic E-state index is 8.00. The largest absolute Gasteiger partial charge is 0.307 e. The molecule has 0 saturated carbocycles. The molecule has 0 unspecified atom stereocenters. The van der Waals surface area contributed by atoms with E-state index in [0.717, 1.165) is 0 Å². The van der Waals surface area contributed by atoms with E-state index < -0.39 is 0 Å². The predicted molar refractivity (Wildman–Crippen MR) is 136 cm³/mol. The monoisotopic (exact) mass is 466 g/mol. The van der Waals surface area contributed by atoms with Crippen LogP contribution in [-0.2, 0) is 4.79 Å². The van der Waals surface area contributed by atoms with Crippen molar-refractivity contribution in [3.63, 3.8) is 0 Å². The van der Waals surface area contributed by atoms with Gasteiger partial charge in [0.05, 0.1) is 0 Å². The van der Waals surface area contributed by atoms with Gasteiger partial charge in [0.15, 0.2) is 0 Å². The van der Waals surface area contributed by atoms with Crippen molar-refractivity contribution >= 4 is 50.0 Å². The van der Waals surface area contributed by atoms with Crippen LogP contribution in [0.25, 0.3) is 0 Å². The van der Waals surface area contributed by atoms with Crippen molar-refractivity contribution in [2.45, 2.75) is 19.6 Å². The van der Waals surface area contributed by atoms with E-state index in [-0.39, 0.29) is 0 Å². The molecule has 0 amide bonds. The van der Waals surface area contributed by atoms with Gasteiger partial charge in [-0.1, -0.05) is 116 Å². The Balaban J connectivity index is 0.000000197. The average molecular weight is 467 g/mol. The maximum Gasteiger partial charge on any atom is 0.106 e. The van der Waals surface area contributed by atoms with Gasteiger partial charge in [-0.05, 0) is 48.5 Å². The maximum absolute atomic E-state index is 8.00. The lowest BCUT2D eigenvalue weighted by Crippen LogP contribution is -1.67. The van der Waals surface area contributed by atoms with Crippen molar-refractivity contribution in [3.8, 4) is 0 Å². The molecule has 0 aliphatic carbocycles. The van der Waals surface area contributed by atoms with Gasteiger partial charge >= 0.3 is 0 Å². The first-order valence-corrected chi connectivity index (χ1v) is 13.4. The van der Waals surface area contributed by atoms with E-state index in [1.54, 1.807) is 43.2 Å². The zero-order valence-electron chi connectivity index (χ0n) is 16.3. The highest BCUT2D eigenvalue weighted by Crippen LogP contribution is 2.37. The zero-order chi connectivity index (χ0) is 21.3. The van der Waals surface area contributed by atoms with Crippen molar-refractivity contribution in [1.29, 1.82) is 0 Å². The lowest BCUT2D eigenvalue weighted by Gasteiger charge is -1.99. The molecule has 4 aromatic carbocycles. The number of rotatable bonds is 6. The molecular formula is C25H22OS4. The molecule has 30 heavy (non-hydrogen) atoms. The standard InChI is InChI=1S/2C12H10S2.CH2O/c2*1-3-7-11(8-4-1)13-14-12-9-5-2-6-10-12;1-2/h2*1-10H;1H2. The van der Waals surface area contributed by atoms with E-state index in [4.69, 9.17) is 4.79 Å². The van der Waals surface area contributed by atoms with E-state index in [1.807, 2.05) is 31.1 Å². The van der Waals surface area contributed by atoms with Crippen LogP contribution in [0.3, 0.4) is 0 Å². The van der Waals surface area contributed by atoms with Gasteiger partial charge in [-0.2, -0.15) is 0 Å². The fraction of sp³-hybridized carbons (Fsp3) is 0. The summed E-state index contributed by atoms with van der Waals surface area (Å²) in [6.07, 6.45) is 0. The summed E-state index contributed by atoms with van der Waals surface area (Å²) in [5.74, 6) is 0. The Hall–Kier alpha value is -2.05. The van der Waals surface area contributed by atoms with Crippen molar-refractivity contribution in [2.24, 2.45) is 0 Å². The molecule has 5 heteroatoms. The van der Waals surface area contributed by atoms with Crippen LogP contribution in [0.1, 0.15) is 0 Å². The molecule has 0 spiro atoms. The second-order valence-corrected chi connectivity index (χ2v) is 10.1. The van der Waals surface area contributed by atoms with Crippen LogP contribution < -0.4 is 0 Å². The van der Waals surface area contributed by atoms with Crippen LogP contribution in [0.5, 0.6) is 0 Å². The lowest BCUT2D eigenvalue weighted by molar-refractivity contribution is -0.0979. The van der Waals surface area contributed by atoms with Crippen molar-refractivity contribution in [1.82, 2.24) is 0 Å². The molecule has 152 valence electrons. The van der Waals surface area contributed by atoms with E-state index in [1.165, 1.54) is 19.6 Å². The fourth-order valence-electron chi connectivity index (χ4n) is 2.10. The highest BCUT2D eigenvalue weighted by Gasteiger charge is 1.95. The molecule has 0 saturated heterocycles. The second-order valence-electron chi connectivity index (χ2n) is 5.59. The Morgan fingerprint density at radius 3 is 0.667 bits per heavy atom. The van der Waals surface area contributed by atoms with Crippen LogP contribution in [-0.4, -0.2) is 6.79 Å². The van der Waals surface area contributed by atoms with Gasteiger partial charge in [-0.25, -0.2) is 0 Å². The van der Waals surface area contributed by atoms with Gasteiger partial charge in [0.2, 0.25) is 0 Å². The van der Waals surface area contributed by atoms with Crippen LogP contribution in [0.15, 0.2) is 141 Å². The Morgan fingerprint density at radius 2 is 0.500 bits per heavy atom. The first kappa shape index (κ1) is 24.2. The quantitative estimate of drug-likeness (QED) is 0.263. The normalized spacial score (nSPS) is 9.47. The molecule has 0 N–H and O–H groups in total. The Bertz CT molecular complexity index is 762. The summed E-state index contributed by atoms with van der Waals surface area (Å²) in [6, 6.07) is 41.7. The minimum Gasteiger partial charge on any atom is -0.307 e. The van der Waals surface area contributed by atoms with Crippen molar-refractivity contribution in [3.05, 3.63) is 121 Å². The molecule has 0 aliphatic heterocycles.